The Labute approximate surface area is 126 Å². The fourth-order valence-corrected chi connectivity index (χ4v) is 2.47. The molecule has 0 aliphatic heterocycles. The Kier molecular flexibility index (Phi) is 5.61. The molecule has 0 saturated heterocycles. The van der Waals surface area contributed by atoms with Crippen LogP contribution in [0.4, 0.5) is 4.39 Å². The first-order chi connectivity index (χ1) is 10.1. The van der Waals surface area contributed by atoms with E-state index in [9.17, 15) is 13.7 Å². The zero-order valence-corrected chi connectivity index (χ0v) is 12.6. The van der Waals surface area contributed by atoms with Crippen molar-refractivity contribution in [2.45, 2.75) is 17.5 Å². The third kappa shape index (κ3) is 4.74. The molecule has 2 aromatic rings. The molecule has 0 bridgehead atoms. The van der Waals surface area contributed by atoms with Crippen molar-refractivity contribution >= 4 is 10.8 Å². The molecule has 0 heterocycles. The lowest BCUT2D eigenvalue weighted by Crippen LogP contribution is -2.21. The van der Waals surface area contributed by atoms with Gasteiger partial charge < -0.3 is 10.4 Å². The molecule has 2 rings (SSSR count). The number of halogens is 1. The molecule has 2 aromatic carbocycles. The number of hydrogen-bond acceptors (Lipinski definition) is 3. The molecule has 0 spiro atoms. The Balaban J connectivity index is 1.83. The lowest BCUT2D eigenvalue weighted by Gasteiger charge is -2.12. The SMILES string of the molecule is CS(=O)c1ccc(CNCC(O)c2ccc(F)cc2)cc1. The van der Waals surface area contributed by atoms with Gasteiger partial charge in [-0.15, -0.1) is 0 Å². The summed E-state index contributed by atoms with van der Waals surface area (Å²) in [6.07, 6.45) is 0.972. The first kappa shape index (κ1) is 15.8. The molecule has 2 unspecified atom stereocenters. The zero-order valence-electron chi connectivity index (χ0n) is 11.8. The minimum atomic E-state index is -0.968. The molecule has 0 aliphatic carbocycles. The summed E-state index contributed by atoms with van der Waals surface area (Å²) in [7, 11) is -0.968. The van der Waals surface area contributed by atoms with Crippen molar-refractivity contribution in [3.63, 3.8) is 0 Å². The molecule has 21 heavy (non-hydrogen) atoms. The lowest BCUT2D eigenvalue weighted by molar-refractivity contribution is 0.174. The van der Waals surface area contributed by atoms with Gasteiger partial charge in [-0.3, -0.25) is 4.21 Å². The molecule has 2 N–H and O–H groups in total. The van der Waals surface area contributed by atoms with Crippen LogP contribution in [0.2, 0.25) is 0 Å². The maximum absolute atomic E-state index is 12.8. The smallest absolute Gasteiger partial charge is 0.123 e. The molecular formula is C16H18FNO2S. The van der Waals surface area contributed by atoms with Crippen LogP contribution in [0.1, 0.15) is 17.2 Å². The van der Waals surface area contributed by atoms with Crippen LogP contribution in [0.15, 0.2) is 53.4 Å². The molecule has 0 aliphatic rings. The maximum atomic E-state index is 12.8. The van der Waals surface area contributed by atoms with Gasteiger partial charge in [-0.1, -0.05) is 24.3 Å². The summed E-state index contributed by atoms with van der Waals surface area (Å²) in [5.74, 6) is -0.313. The molecule has 2 atom stereocenters. The van der Waals surface area contributed by atoms with E-state index < -0.39 is 16.9 Å². The predicted molar refractivity (Wildman–Crippen MR) is 81.8 cm³/mol. The Bertz CT molecular complexity index is 599. The highest BCUT2D eigenvalue weighted by molar-refractivity contribution is 7.84. The van der Waals surface area contributed by atoms with Crippen molar-refractivity contribution in [2.75, 3.05) is 12.8 Å². The van der Waals surface area contributed by atoms with Crippen LogP contribution < -0.4 is 5.32 Å². The second-order valence-electron chi connectivity index (χ2n) is 4.80. The number of benzene rings is 2. The summed E-state index contributed by atoms with van der Waals surface area (Å²) in [5, 5.41) is 13.1. The molecule has 112 valence electrons. The molecular weight excluding hydrogens is 289 g/mol. The van der Waals surface area contributed by atoms with E-state index in [-0.39, 0.29) is 5.82 Å². The standard InChI is InChI=1S/C16H18FNO2S/c1-21(20)15-8-2-12(3-9-15)10-18-11-16(19)13-4-6-14(17)7-5-13/h2-9,16,18-19H,10-11H2,1H3. The topological polar surface area (TPSA) is 49.3 Å². The van der Waals surface area contributed by atoms with Gasteiger partial charge in [0.2, 0.25) is 0 Å². The van der Waals surface area contributed by atoms with Crippen LogP contribution in [-0.2, 0) is 17.3 Å². The number of rotatable bonds is 6. The van der Waals surface area contributed by atoms with Gasteiger partial charge in [0, 0.05) is 35.0 Å². The lowest BCUT2D eigenvalue weighted by atomic mass is 10.1. The van der Waals surface area contributed by atoms with Crippen LogP contribution in [0.3, 0.4) is 0 Å². The Morgan fingerprint density at radius 2 is 1.76 bits per heavy atom. The van der Waals surface area contributed by atoms with Gasteiger partial charge in [0.1, 0.15) is 5.82 Å². The highest BCUT2D eigenvalue weighted by Crippen LogP contribution is 2.13. The van der Waals surface area contributed by atoms with E-state index >= 15 is 0 Å². The Morgan fingerprint density at radius 3 is 2.33 bits per heavy atom. The Hall–Kier alpha value is -1.56. The molecule has 0 saturated carbocycles. The fraction of sp³-hybridized carbons (Fsp3) is 0.250. The normalized spacial score (nSPS) is 13.9. The van der Waals surface area contributed by atoms with E-state index in [2.05, 4.69) is 5.32 Å². The summed E-state index contributed by atoms with van der Waals surface area (Å²) in [5.41, 5.74) is 1.73. The fourth-order valence-electron chi connectivity index (χ4n) is 1.95. The largest absolute Gasteiger partial charge is 0.387 e. The second-order valence-corrected chi connectivity index (χ2v) is 6.18. The minimum Gasteiger partial charge on any atom is -0.387 e. The van der Waals surface area contributed by atoms with Crippen LogP contribution in [0.5, 0.6) is 0 Å². The number of aliphatic hydroxyl groups excluding tert-OH is 1. The van der Waals surface area contributed by atoms with Crippen molar-refractivity contribution in [1.82, 2.24) is 5.32 Å². The first-order valence-corrected chi connectivity index (χ1v) is 8.18. The van der Waals surface area contributed by atoms with Crippen molar-refractivity contribution in [3.8, 4) is 0 Å². The average molecular weight is 307 g/mol. The quantitative estimate of drug-likeness (QED) is 0.861. The van der Waals surface area contributed by atoms with E-state index in [1.54, 1.807) is 18.4 Å². The summed E-state index contributed by atoms with van der Waals surface area (Å²) in [6, 6.07) is 13.3. The molecule has 0 aromatic heterocycles. The van der Waals surface area contributed by atoms with E-state index in [0.29, 0.717) is 18.7 Å². The van der Waals surface area contributed by atoms with E-state index in [4.69, 9.17) is 0 Å². The van der Waals surface area contributed by atoms with E-state index in [0.717, 1.165) is 10.5 Å². The summed E-state index contributed by atoms with van der Waals surface area (Å²) in [4.78, 5) is 0.796. The van der Waals surface area contributed by atoms with E-state index in [1.807, 2.05) is 24.3 Å². The van der Waals surface area contributed by atoms with Crippen LogP contribution in [-0.4, -0.2) is 22.1 Å². The Morgan fingerprint density at radius 1 is 1.14 bits per heavy atom. The van der Waals surface area contributed by atoms with Gasteiger partial charge in [0.25, 0.3) is 0 Å². The maximum Gasteiger partial charge on any atom is 0.123 e. The van der Waals surface area contributed by atoms with Gasteiger partial charge in [-0.25, -0.2) is 4.39 Å². The summed E-state index contributed by atoms with van der Waals surface area (Å²) < 4.78 is 24.1. The molecule has 5 heteroatoms. The molecule has 3 nitrogen and oxygen atoms in total. The summed E-state index contributed by atoms with van der Waals surface area (Å²) >= 11 is 0. The number of aliphatic hydroxyl groups is 1. The van der Waals surface area contributed by atoms with Gasteiger partial charge in [0.15, 0.2) is 0 Å². The van der Waals surface area contributed by atoms with Crippen LogP contribution in [0.25, 0.3) is 0 Å². The molecule has 0 amide bonds. The van der Waals surface area contributed by atoms with Gasteiger partial charge in [-0.05, 0) is 35.4 Å². The second kappa shape index (κ2) is 7.45. The van der Waals surface area contributed by atoms with Gasteiger partial charge in [0.05, 0.1) is 6.10 Å². The minimum absolute atomic E-state index is 0.313. The van der Waals surface area contributed by atoms with Crippen LogP contribution in [0, 0.1) is 5.82 Å². The monoisotopic (exact) mass is 307 g/mol. The number of nitrogens with one attached hydrogen (secondary N) is 1. The molecule has 0 fully saturated rings. The van der Waals surface area contributed by atoms with Crippen LogP contribution >= 0.6 is 0 Å². The number of hydrogen-bond donors (Lipinski definition) is 2. The van der Waals surface area contributed by atoms with Crippen molar-refractivity contribution in [2.24, 2.45) is 0 Å². The van der Waals surface area contributed by atoms with Gasteiger partial charge in [-0.2, -0.15) is 0 Å². The third-order valence-electron chi connectivity index (χ3n) is 3.18. The van der Waals surface area contributed by atoms with Crippen molar-refractivity contribution in [3.05, 3.63) is 65.5 Å². The van der Waals surface area contributed by atoms with E-state index in [1.165, 1.54) is 12.1 Å². The highest BCUT2D eigenvalue weighted by atomic mass is 32.2. The predicted octanol–water partition coefficient (Wildman–Crippen LogP) is 2.39. The zero-order chi connectivity index (χ0) is 15.2. The third-order valence-corrected chi connectivity index (χ3v) is 4.11. The average Bonchev–Trinajstić information content (AvgIpc) is 2.48. The highest BCUT2D eigenvalue weighted by Gasteiger charge is 2.07. The summed E-state index contributed by atoms with van der Waals surface area (Å²) in [6.45, 7) is 0.988. The van der Waals surface area contributed by atoms with Crippen molar-refractivity contribution in [1.29, 1.82) is 0 Å². The first-order valence-electron chi connectivity index (χ1n) is 6.63. The van der Waals surface area contributed by atoms with Crippen molar-refractivity contribution < 1.29 is 13.7 Å². The van der Waals surface area contributed by atoms with Gasteiger partial charge >= 0.3 is 0 Å². The molecule has 0 radical (unpaired) electrons.